The quantitative estimate of drug-likeness (QED) is 0.554. The molecule has 0 N–H and O–H groups in total. The molecule has 1 saturated heterocycles. The fourth-order valence-corrected chi connectivity index (χ4v) is 2.39. The highest BCUT2D eigenvalue weighted by molar-refractivity contribution is 7.82. The highest BCUT2D eigenvalue weighted by Gasteiger charge is 2.36. The van der Waals surface area contributed by atoms with Crippen LogP contribution >= 0.6 is 0 Å². The van der Waals surface area contributed by atoms with Crippen molar-refractivity contribution in [2.24, 2.45) is 0 Å². The zero-order valence-electron chi connectivity index (χ0n) is 6.83. The molecule has 11 heavy (non-hydrogen) atoms. The Labute approximate surface area is 66.8 Å². The van der Waals surface area contributed by atoms with Crippen LogP contribution in [0, 0.1) is 0 Å². The van der Waals surface area contributed by atoms with Gasteiger partial charge in [-0.15, -0.1) is 0 Å². The second kappa shape index (κ2) is 2.43. The van der Waals surface area contributed by atoms with Crippen molar-refractivity contribution < 1.29 is 16.8 Å². The first kappa shape index (κ1) is 8.96. The van der Waals surface area contributed by atoms with Gasteiger partial charge in [-0.1, -0.05) is 0 Å². The van der Waals surface area contributed by atoms with Gasteiger partial charge in [0.25, 0.3) is 0 Å². The molecule has 1 fully saturated rings. The maximum Gasteiger partial charge on any atom is 0.400 e. The summed E-state index contributed by atoms with van der Waals surface area (Å²) in [6.45, 7) is 5.16. The van der Waals surface area contributed by atoms with Crippen molar-refractivity contribution in [3.8, 4) is 0 Å². The molecule has 0 aromatic carbocycles. The predicted molar refractivity (Wildman–Crippen MR) is 39.2 cm³/mol. The molecule has 0 amide bonds. The zero-order chi connectivity index (χ0) is 8.70. The Morgan fingerprint density at radius 1 is 1.45 bits per heavy atom. The first-order valence-electron chi connectivity index (χ1n) is 3.45. The van der Waals surface area contributed by atoms with Crippen LogP contribution in [0.1, 0.15) is 27.2 Å². The summed E-state index contributed by atoms with van der Waals surface area (Å²) in [6.07, 6.45) is 0.301. The summed E-state index contributed by atoms with van der Waals surface area (Å²) >= 11 is 0. The Morgan fingerprint density at radius 2 is 2.00 bits per heavy atom. The van der Waals surface area contributed by atoms with Crippen molar-refractivity contribution in [3.63, 3.8) is 0 Å². The van der Waals surface area contributed by atoms with Gasteiger partial charge in [-0.2, -0.15) is 8.42 Å². The zero-order valence-corrected chi connectivity index (χ0v) is 7.64. The van der Waals surface area contributed by atoms with Gasteiger partial charge in [0, 0.05) is 6.42 Å². The van der Waals surface area contributed by atoms with E-state index in [1.807, 2.05) is 0 Å². The Balaban J connectivity index is 2.83. The van der Waals surface area contributed by atoms with Crippen LogP contribution in [0.5, 0.6) is 0 Å². The van der Waals surface area contributed by atoms with Gasteiger partial charge in [0.05, 0.1) is 11.7 Å². The molecule has 1 atom stereocenters. The van der Waals surface area contributed by atoms with Gasteiger partial charge in [-0.05, 0) is 20.8 Å². The minimum absolute atomic E-state index is 0.288. The Bertz CT molecular complexity index is 241. The molecule has 0 aromatic heterocycles. The van der Waals surface area contributed by atoms with E-state index < -0.39 is 16.0 Å². The van der Waals surface area contributed by atoms with Crippen LogP contribution in [0.25, 0.3) is 0 Å². The van der Waals surface area contributed by atoms with Crippen molar-refractivity contribution in [1.29, 1.82) is 0 Å². The second-order valence-corrected chi connectivity index (χ2v) is 4.54. The highest BCUT2D eigenvalue weighted by atomic mass is 32.3. The lowest BCUT2D eigenvalue weighted by molar-refractivity contribution is -0.00414. The van der Waals surface area contributed by atoms with Gasteiger partial charge in [0.1, 0.15) is 0 Å². The van der Waals surface area contributed by atoms with Crippen molar-refractivity contribution in [1.82, 2.24) is 0 Å². The SMILES string of the molecule is CC1CC(C)(C)OS(=O)(=O)O1. The van der Waals surface area contributed by atoms with E-state index in [1.54, 1.807) is 20.8 Å². The largest absolute Gasteiger partial charge is 0.400 e. The van der Waals surface area contributed by atoms with Gasteiger partial charge < -0.3 is 0 Å². The highest BCUT2D eigenvalue weighted by Crippen LogP contribution is 2.27. The Morgan fingerprint density at radius 3 is 2.36 bits per heavy atom. The molecule has 1 aliphatic rings. The van der Waals surface area contributed by atoms with E-state index in [9.17, 15) is 8.42 Å². The number of rotatable bonds is 0. The van der Waals surface area contributed by atoms with Crippen molar-refractivity contribution in [3.05, 3.63) is 0 Å². The maximum atomic E-state index is 10.8. The lowest BCUT2D eigenvalue weighted by Crippen LogP contribution is -2.39. The Hall–Kier alpha value is -0.130. The van der Waals surface area contributed by atoms with Crippen molar-refractivity contribution in [2.45, 2.75) is 38.9 Å². The summed E-state index contributed by atoms with van der Waals surface area (Å²) in [4.78, 5) is 0. The van der Waals surface area contributed by atoms with E-state index >= 15 is 0 Å². The standard InChI is InChI=1S/C6H12O4S/c1-5-4-6(2,3)10-11(7,8)9-5/h5H,4H2,1-3H3. The molecular formula is C6H12O4S. The van der Waals surface area contributed by atoms with Crippen molar-refractivity contribution in [2.75, 3.05) is 0 Å². The summed E-state index contributed by atoms with van der Waals surface area (Å²) in [7, 11) is -3.74. The van der Waals surface area contributed by atoms with Gasteiger partial charge in [0.2, 0.25) is 0 Å². The van der Waals surface area contributed by atoms with Crippen LogP contribution in [-0.4, -0.2) is 20.1 Å². The Kier molecular flexibility index (Phi) is 1.98. The normalized spacial score (nSPS) is 35.0. The molecular weight excluding hydrogens is 168 g/mol. The van der Waals surface area contributed by atoms with Crippen LogP contribution in [0.15, 0.2) is 0 Å². The first-order valence-corrected chi connectivity index (χ1v) is 4.78. The average molecular weight is 180 g/mol. The minimum atomic E-state index is -3.74. The molecule has 0 radical (unpaired) electrons. The monoisotopic (exact) mass is 180 g/mol. The van der Waals surface area contributed by atoms with Gasteiger partial charge >= 0.3 is 10.4 Å². The van der Waals surface area contributed by atoms with E-state index in [2.05, 4.69) is 8.37 Å². The second-order valence-electron chi connectivity index (χ2n) is 3.36. The summed E-state index contributed by atoms with van der Waals surface area (Å²) in [6, 6.07) is 0. The third-order valence-electron chi connectivity index (χ3n) is 1.39. The molecule has 1 heterocycles. The number of hydrogen-bond donors (Lipinski definition) is 0. The van der Waals surface area contributed by atoms with E-state index in [0.717, 1.165) is 0 Å². The van der Waals surface area contributed by atoms with E-state index in [1.165, 1.54) is 0 Å². The molecule has 0 aromatic rings. The molecule has 1 unspecified atom stereocenters. The summed E-state index contributed by atoms with van der Waals surface area (Å²) in [5.41, 5.74) is -0.628. The molecule has 1 aliphatic heterocycles. The predicted octanol–water partition coefficient (Wildman–Crippen LogP) is 0.835. The smallest absolute Gasteiger partial charge is 0.245 e. The molecule has 0 spiro atoms. The molecule has 0 bridgehead atoms. The molecule has 4 nitrogen and oxygen atoms in total. The minimum Gasteiger partial charge on any atom is -0.245 e. The fraction of sp³-hybridized carbons (Fsp3) is 1.00. The lowest BCUT2D eigenvalue weighted by Gasteiger charge is -2.31. The van der Waals surface area contributed by atoms with Crippen LogP contribution in [0.2, 0.25) is 0 Å². The summed E-state index contributed by atoms with van der Waals surface area (Å²) in [5.74, 6) is 0. The van der Waals surface area contributed by atoms with Crippen LogP contribution < -0.4 is 0 Å². The fourth-order valence-electron chi connectivity index (χ4n) is 1.26. The lowest BCUT2D eigenvalue weighted by atomic mass is 10.0. The van der Waals surface area contributed by atoms with Gasteiger partial charge in [-0.3, -0.25) is 0 Å². The summed E-state index contributed by atoms with van der Waals surface area (Å²) in [5, 5.41) is 0. The molecule has 5 heteroatoms. The van der Waals surface area contributed by atoms with E-state index in [4.69, 9.17) is 0 Å². The maximum absolute atomic E-state index is 10.8. The molecule has 0 aliphatic carbocycles. The first-order chi connectivity index (χ1) is 4.81. The van der Waals surface area contributed by atoms with E-state index in [0.29, 0.717) is 6.42 Å². The molecule has 66 valence electrons. The summed E-state index contributed by atoms with van der Waals surface area (Å²) < 4.78 is 30.9. The third kappa shape index (κ3) is 2.43. The van der Waals surface area contributed by atoms with Crippen LogP contribution in [0.3, 0.4) is 0 Å². The molecule has 0 saturated carbocycles. The number of hydrogen-bond acceptors (Lipinski definition) is 4. The van der Waals surface area contributed by atoms with Crippen molar-refractivity contribution >= 4 is 10.4 Å². The van der Waals surface area contributed by atoms with E-state index in [-0.39, 0.29) is 6.10 Å². The van der Waals surface area contributed by atoms with Crippen LogP contribution in [0.4, 0.5) is 0 Å². The van der Waals surface area contributed by atoms with Gasteiger partial charge in [-0.25, -0.2) is 8.37 Å². The van der Waals surface area contributed by atoms with Crippen LogP contribution in [-0.2, 0) is 18.8 Å². The molecule has 1 rings (SSSR count). The average Bonchev–Trinajstić information content (AvgIpc) is 1.49. The van der Waals surface area contributed by atoms with Gasteiger partial charge in [0.15, 0.2) is 0 Å². The third-order valence-corrected chi connectivity index (χ3v) is 2.61. The topological polar surface area (TPSA) is 52.6 Å².